The maximum atomic E-state index is 11.3. The number of halogens is 1. The zero-order valence-electron chi connectivity index (χ0n) is 8.24. The fraction of sp³-hybridized carbons (Fsp3) is 0.556. The summed E-state index contributed by atoms with van der Waals surface area (Å²) in [5.41, 5.74) is 6.18. The molecule has 3 N–H and O–H groups in total. The van der Waals surface area contributed by atoms with E-state index < -0.39 is 0 Å². The molecule has 0 aromatic carbocycles. The Morgan fingerprint density at radius 1 is 1.67 bits per heavy atom. The largest absolute Gasteiger partial charge is 0.367 e. The molecule has 1 saturated heterocycles. The lowest BCUT2D eigenvalue weighted by Crippen LogP contribution is -2.43. The molecule has 2 rings (SSSR count). The van der Waals surface area contributed by atoms with E-state index in [-0.39, 0.29) is 16.6 Å². The van der Waals surface area contributed by atoms with Gasteiger partial charge in [-0.2, -0.15) is 5.10 Å². The highest BCUT2D eigenvalue weighted by Crippen LogP contribution is 2.23. The van der Waals surface area contributed by atoms with Crippen LogP contribution in [0.25, 0.3) is 0 Å². The van der Waals surface area contributed by atoms with Crippen LogP contribution in [0.3, 0.4) is 0 Å². The van der Waals surface area contributed by atoms with E-state index in [1.807, 2.05) is 4.90 Å². The lowest BCUT2D eigenvalue weighted by Gasteiger charge is -2.32. The van der Waals surface area contributed by atoms with Crippen LogP contribution in [0.15, 0.2) is 11.0 Å². The average Bonchev–Trinajstić information content (AvgIpc) is 2.22. The molecule has 1 aliphatic rings. The minimum atomic E-state index is -0.353. The molecule has 1 fully saturated rings. The maximum absolute atomic E-state index is 11.3. The third-order valence-electron chi connectivity index (χ3n) is 2.58. The van der Waals surface area contributed by atoms with Crippen LogP contribution in [0, 0.1) is 0 Å². The first-order valence-corrected chi connectivity index (χ1v) is 5.30. The summed E-state index contributed by atoms with van der Waals surface area (Å²) in [6.45, 7) is 1.60. The van der Waals surface area contributed by atoms with Crippen molar-refractivity contribution in [1.82, 2.24) is 10.2 Å². The van der Waals surface area contributed by atoms with E-state index in [1.165, 1.54) is 0 Å². The molecule has 1 atom stereocenters. The second kappa shape index (κ2) is 4.20. The fourth-order valence-electron chi connectivity index (χ4n) is 1.82. The number of rotatable bonds is 1. The highest BCUT2D eigenvalue weighted by molar-refractivity contribution is 6.32. The lowest BCUT2D eigenvalue weighted by molar-refractivity contribution is 0.505. The minimum Gasteiger partial charge on any atom is -0.367 e. The number of anilines is 1. The molecule has 0 spiro atoms. The number of piperidine rings is 1. The van der Waals surface area contributed by atoms with Crippen molar-refractivity contribution in [1.29, 1.82) is 0 Å². The van der Waals surface area contributed by atoms with Crippen LogP contribution in [0.1, 0.15) is 12.8 Å². The van der Waals surface area contributed by atoms with Gasteiger partial charge in [0.2, 0.25) is 0 Å². The Morgan fingerprint density at radius 3 is 3.20 bits per heavy atom. The Bertz CT molecular complexity index is 405. The third kappa shape index (κ3) is 2.13. The van der Waals surface area contributed by atoms with Crippen LogP contribution >= 0.6 is 11.6 Å². The van der Waals surface area contributed by atoms with E-state index in [2.05, 4.69) is 10.2 Å². The maximum Gasteiger partial charge on any atom is 0.285 e. The second-order valence-electron chi connectivity index (χ2n) is 3.75. The smallest absolute Gasteiger partial charge is 0.285 e. The number of H-pyrrole nitrogens is 1. The second-order valence-corrected chi connectivity index (χ2v) is 4.12. The van der Waals surface area contributed by atoms with Crippen molar-refractivity contribution in [3.63, 3.8) is 0 Å². The normalized spacial score (nSPS) is 21.7. The van der Waals surface area contributed by atoms with Crippen molar-refractivity contribution in [2.24, 2.45) is 5.73 Å². The first-order valence-electron chi connectivity index (χ1n) is 4.92. The quantitative estimate of drug-likeness (QED) is 0.728. The van der Waals surface area contributed by atoms with Crippen LogP contribution in [-0.2, 0) is 0 Å². The van der Waals surface area contributed by atoms with Gasteiger partial charge in [0, 0.05) is 19.1 Å². The van der Waals surface area contributed by atoms with Crippen molar-refractivity contribution >= 4 is 17.3 Å². The molecule has 6 heteroatoms. The Kier molecular flexibility index (Phi) is 2.93. The highest BCUT2D eigenvalue weighted by atomic mass is 35.5. The fourth-order valence-corrected chi connectivity index (χ4v) is 2.03. The number of aromatic amines is 1. The number of hydrogen-bond acceptors (Lipinski definition) is 4. The molecule has 1 aliphatic heterocycles. The molecule has 5 nitrogen and oxygen atoms in total. The van der Waals surface area contributed by atoms with Crippen LogP contribution in [0.2, 0.25) is 5.02 Å². The summed E-state index contributed by atoms with van der Waals surface area (Å²) in [4.78, 5) is 13.3. The van der Waals surface area contributed by atoms with Gasteiger partial charge in [0.15, 0.2) is 0 Å². The van der Waals surface area contributed by atoms with Crippen LogP contribution in [-0.4, -0.2) is 29.3 Å². The summed E-state index contributed by atoms with van der Waals surface area (Å²) in [6, 6.07) is 0.147. The summed E-state index contributed by atoms with van der Waals surface area (Å²) in [6.07, 6.45) is 3.61. The number of nitrogens with zero attached hydrogens (tertiary/aromatic N) is 2. The summed E-state index contributed by atoms with van der Waals surface area (Å²) in [7, 11) is 0. The molecule has 82 valence electrons. The number of aromatic nitrogens is 2. The standard InChI is InChI=1S/C9H13ClN4O/c10-8-7(4-12-13-9(8)15)14-3-1-2-6(11)5-14/h4,6H,1-3,5,11H2,(H,13,15). The number of nitrogens with two attached hydrogens (primary N) is 1. The van der Waals surface area contributed by atoms with Crippen molar-refractivity contribution in [2.45, 2.75) is 18.9 Å². The monoisotopic (exact) mass is 228 g/mol. The summed E-state index contributed by atoms with van der Waals surface area (Å²) in [5, 5.41) is 6.23. The molecular weight excluding hydrogens is 216 g/mol. The molecule has 0 aliphatic carbocycles. The SMILES string of the molecule is NC1CCCN(c2cn[nH]c(=O)c2Cl)C1. The molecule has 0 radical (unpaired) electrons. The number of hydrogen-bond donors (Lipinski definition) is 2. The predicted molar refractivity (Wildman–Crippen MR) is 59.3 cm³/mol. The van der Waals surface area contributed by atoms with Crippen LogP contribution < -0.4 is 16.2 Å². The third-order valence-corrected chi connectivity index (χ3v) is 2.94. The zero-order valence-corrected chi connectivity index (χ0v) is 9.00. The van der Waals surface area contributed by atoms with Gasteiger partial charge in [-0.15, -0.1) is 0 Å². The van der Waals surface area contributed by atoms with Crippen molar-refractivity contribution in [3.05, 3.63) is 21.6 Å². The van der Waals surface area contributed by atoms with Gasteiger partial charge in [0.1, 0.15) is 5.02 Å². The van der Waals surface area contributed by atoms with E-state index in [1.54, 1.807) is 6.20 Å². The molecule has 0 saturated carbocycles. The van der Waals surface area contributed by atoms with Crippen molar-refractivity contribution < 1.29 is 0 Å². The van der Waals surface area contributed by atoms with Gasteiger partial charge in [-0.1, -0.05) is 11.6 Å². The van der Waals surface area contributed by atoms with E-state index in [4.69, 9.17) is 17.3 Å². The Balaban J connectivity index is 2.28. The zero-order chi connectivity index (χ0) is 10.8. The molecule has 0 amide bonds. The highest BCUT2D eigenvalue weighted by Gasteiger charge is 2.20. The molecule has 0 bridgehead atoms. The topological polar surface area (TPSA) is 75.0 Å². The van der Waals surface area contributed by atoms with Crippen molar-refractivity contribution in [3.8, 4) is 0 Å². The van der Waals surface area contributed by atoms with Gasteiger partial charge >= 0.3 is 0 Å². The lowest BCUT2D eigenvalue weighted by atomic mass is 10.1. The Morgan fingerprint density at radius 2 is 2.47 bits per heavy atom. The van der Waals surface area contributed by atoms with Gasteiger partial charge in [0.25, 0.3) is 5.56 Å². The molecule has 1 aromatic heterocycles. The first-order chi connectivity index (χ1) is 7.18. The average molecular weight is 229 g/mol. The molecule has 15 heavy (non-hydrogen) atoms. The summed E-state index contributed by atoms with van der Waals surface area (Å²) < 4.78 is 0. The molecule has 1 unspecified atom stereocenters. The van der Waals surface area contributed by atoms with E-state index in [0.717, 1.165) is 25.9 Å². The van der Waals surface area contributed by atoms with Gasteiger partial charge < -0.3 is 10.6 Å². The molecule has 1 aromatic rings. The van der Waals surface area contributed by atoms with Gasteiger partial charge in [0.05, 0.1) is 11.9 Å². The van der Waals surface area contributed by atoms with E-state index in [0.29, 0.717) is 5.69 Å². The molecular formula is C9H13ClN4O. The van der Waals surface area contributed by atoms with E-state index in [9.17, 15) is 4.79 Å². The number of nitrogens with one attached hydrogen (secondary N) is 1. The van der Waals surface area contributed by atoms with Crippen LogP contribution in [0.5, 0.6) is 0 Å². The van der Waals surface area contributed by atoms with Crippen LogP contribution in [0.4, 0.5) is 5.69 Å². The van der Waals surface area contributed by atoms with Gasteiger partial charge in [-0.05, 0) is 12.8 Å². The first kappa shape index (κ1) is 10.4. The minimum absolute atomic E-state index is 0.147. The summed E-state index contributed by atoms with van der Waals surface area (Å²) in [5.74, 6) is 0. The predicted octanol–water partition coefficient (Wildman–Crippen LogP) is 0.351. The Hall–Kier alpha value is -1.07. The van der Waals surface area contributed by atoms with Gasteiger partial charge in [-0.25, -0.2) is 5.10 Å². The van der Waals surface area contributed by atoms with E-state index >= 15 is 0 Å². The summed E-state index contributed by atoms with van der Waals surface area (Å²) >= 11 is 5.91. The Labute approximate surface area is 92.2 Å². The van der Waals surface area contributed by atoms with Crippen molar-refractivity contribution in [2.75, 3.05) is 18.0 Å². The van der Waals surface area contributed by atoms with Gasteiger partial charge in [-0.3, -0.25) is 4.79 Å². The molecule has 2 heterocycles.